The Bertz CT molecular complexity index is 2590. The predicted molar refractivity (Wildman–Crippen MR) is 285 cm³/mol. The molecule has 29 heteroatoms. The highest BCUT2D eigenvalue weighted by Crippen LogP contribution is 2.52. The van der Waals surface area contributed by atoms with E-state index in [4.69, 9.17) is 83.5 Å². The van der Waals surface area contributed by atoms with E-state index in [9.17, 15) is 43.6 Å². The number of phosphoric acid groups is 1. The number of ketones is 2. The number of ether oxygens (including phenoxy) is 5. The highest BCUT2D eigenvalue weighted by Gasteiger charge is 2.41. The summed E-state index contributed by atoms with van der Waals surface area (Å²) in [6, 6.07) is 15.2. The third kappa shape index (κ3) is 20.4. The molecule has 0 saturated carbocycles. The first-order chi connectivity index (χ1) is 36.7. The summed E-state index contributed by atoms with van der Waals surface area (Å²) in [5, 5.41) is 9.96. The van der Waals surface area contributed by atoms with Gasteiger partial charge in [0.25, 0.3) is 0 Å². The van der Waals surface area contributed by atoms with Gasteiger partial charge in [0.2, 0.25) is 13.5 Å². The van der Waals surface area contributed by atoms with Gasteiger partial charge in [-0.25, -0.2) is 4.57 Å². The topological polar surface area (TPSA) is 293 Å². The fourth-order valence-electron chi connectivity index (χ4n) is 8.66. The second kappa shape index (κ2) is 29.8. The van der Waals surface area contributed by atoms with E-state index < -0.39 is 90.9 Å². The first-order valence-electron chi connectivity index (χ1n) is 25.2. The fourth-order valence-corrected chi connectivity index (χ4v) is 13.5. The quantitative estimate of drug-likeness (QED) is 0.0370. The summed E-state index contributed by atoms with van der Waals surface area (Å²) < 4.78 is 84.5. The Kier molecular flexibility index (Phi) is 24.2. The summed E-state index contributed by atoms with van der Waals surface area (Å²) in [6.45, 7) is -8.06. The van der Waals surface area contributed by atoms with E-state index in [0.29, 0.717) is 32.4 Å². The lowest BCUT2D eigenvalue weighted by molar-refractivity contribution is -0.121. The molecule has 12 atom stereocenters. The lowest BCUT2D eigenvalue weighted by Crippen LogP contribution is -2.31. The van der Waals surface area contributed by atoms with Crippen molar-refractivity contribution in [1.82, 2.24) is 0 Å². The minimum Gasteiger partial charge on any atom is -0.390 e. The van der Waals surface area contributed by atoms with E-state index in [1.54, 1.807) is 4.90 Å². The van der Waals surface area contributed by atoms with Gasteiger partial charge in [-0.2, -0.15) is 0 Å². The maximum Gasteiger partial charge on any atom is 0.472 e. The summed E-state index contributed by atoms with van der Waals surface area (Å²) in [6.07, 6.45) is -0.722. The molecule has 0 bridgehead atoms. The van der Waals surface area contributed by atoms with E-state index in [1.807, 2.05) is 48.5 Å². The molecule has 4 saturated heterocycles. The number of aliphatic hydroxyl groups is 1. The normalized spacial score (nSPS) is 27.2. The first-order valence-corrected chi connectivity index (χ1v) is 33.6. The number of phosphoric ester groups is 1. The van der Waals surface area contributed by atoms with Crippen molar-refractivity contribution in [1.29, 1.82) is 0 Å². The molecule has 0 aliphatic carbocycles. The van der Waals surface area contributed by atoms with E-state index >= 15 is 0 Å². The van der Waals surface area contributed by atoms with Gasteiger partial charge in [-0.1, -0.05) is 42.2 Å². The van der Waals surface area contributed by atoms with Crippen molar-refractivity contribution in [3.63, 3.8) is 0 Å². The fraction of sp³-hybridized carbons (Fsp3) is 0.625. The Morgan fingerprint density at radius 3 is 1.71 bits per heavy atom. The van der Waals surface area contributed by atoms with Gasteiger partial charge in [-0.15, -0.1) is 0 Å². The van der Waals surface area contributed by atoms with Gasteiger partial charge >= 0.3 is 21.3 Å². The monoisotopic (exact) mass is 1200 g/mol. The smallest absolute Gasteiger partial charge is 0.390 e. The number of Topliss-reactive ketones (excluding diaryl/α,β-unsaturated/α-hetero) is 2. The second-order valence-corrected chi connectivity index (χ2v) is 27.3. The molecule has 0 radical (unpaired) electrons. The lowest BCUT2D eigenvalue weighted by Gasteiger charge is -2.28. The van der Waals surface area contributed by atoms with Crippen LogP contribution < -0.4 is 4.90 Å². The largest absolute Gasteiger partial charge is 0.472 e. The highest BCUT2D eigenvalue weighted by molar-refractivity contribution is 8.07. The zero-order valence-corrected chi connectivity index (χ0v) is 47.4. The van der Waals surface area contributed by atoms with Gasteiger partial charge in [0, 0.05) is 88.9 Å². The van der Waals surface area contributed by atoms with Crippen molar-refractivity contribution in [2.75, 3.05) is 77.6 Å². The number of nitrogens with zero attached hydrogens (tertiary/aromatic N) is 1. The van der Waals surface area contributed by atoms with Gasteiger partial charge in [-0.05, 0) is 66.5 Å². The van der Waals surface area contributed by atoms with E-state index in [0.717, 1.165) is 22.4 Å². The molecule has 5 aliphatic rings. The number of rotatable bonds is 32. The van der Waals surface area contributed by atoms with Crippen LogP contribution in [0.5, 0.6) is 0 Å². The number of anilines is 1. The number of fused-ring (bicyclic) bond motifs is 2. The molecule has 2 aromatic rings. The number of carbonyl (C=O) groups is 3. The van der Waals surface area contributed by atoms with Crippen LogP contribution in [0.25, 0.3) is 0 Å². The Balaban J connectivity index is 0.727. The summed E-state index contributed by atoms with van der Waals surface area (Å²) in [5.41, 5.74) is 3.29. The molecule has 1 amide bonds. The van der Waals surface area contributed by atoms with Crippen LogP contribution in [0.2, 0.25) is 0 Å². The molecule has 4 fully saturated rings. The highest BCUT2D eigenvalue weighted by atomic mass is 32.5. The minimum atomic E-state index is -4.67. The molecule has 77 heavy (non-hydrogen) atoms. The van der Waals surface area contributed by atoms with Crippen molar-refractivity contribution in [2.45, 2.75) is 120 Å². The molecule has 0 spiro atoms. The van der Waals surface area contributed by atoms with Crippen LogP contribution in [0.3, 0.4) is 0 Å². The van der Waals surface area contributed by atoms with Crippen molar-refractivity contribution >= 4 is 81.9 Å². The van der Waals surface area contributed by atoms with E-state index in [-0.39, 0.29) is 115 Å². The number of amides is 1. The Hall–Kier alpha value is -2.08. The number of para-hydroxylation sites is 1. The Labute approximate surface area is 457 Å². The van der Waals surface area contributed by atoms with E-state index in [1.165, 1.54) is 0 Å². The number of hydrogen-bond acceptors (Lipinski definition) is 21. The van der Waals surface area contributed by atoms with Crippen LogP contribution in [0.1, 0.15) is 80.9 Å². The van der Waals surface area contributed by atoms with Gasteiger partial charge in [-0.3, -0.25) is 23.4 Å². The van der Waals surface area contributed by atoms with Gasteiger partial charge in [0.05, 0.1) is 82.9 Å². The summed E-state index contributed by atoms with van der Waals surface area (Å²) in [5.74, 6) is 5.88. The van der Waals surface area contributed by atoms with Gasteiger partial charge in [0.15, 0.2) is 0 Å². The molecular weight excluding hydrogens is 1130 g/mol. The van der Waals surface area contributed by atoms with Crippen molar-refractivity contribution in [3.8, 4) is 11.8 Å². The molecule has 7 rings (SSSR count). The first kappa shape index (κ1) is 62.5. The van der Waals surface area contributed by atoms with Crippen LogP contribution in [0.4, 0.5) is 5.69 Å². The third-order valence-electron chi connectivity index (χ3n) is 12.8. The zero-order chi connectivity index (χ0) is 55.1. The van der Waals surface area contributed by atoms with Crippen molar-refractivity contribution < 1.29 is 104 Å². The maximum atomic E-state index is 13.4. The summed E-state index contributed by atoms with van der Waals surface area (Å²) >= 11 is 10.5. The molecule has 5 aliphatic heterocycles. The Morgan fingerprint density at radius 2 is 1.10 bits per heavy atom. The van der Waals surface area contributed by atoms with Crippen LogP contribution in [-0.4, -0.2) is 170 Å². The lowest BCUT2D eigenvalue weighted by atomic mass is 10.0. The minimum absolute atomic E-state index is 0.0222. The van der Waals surface area contributed by atoms with Gasteiger partial charge in [0.1, 0.15) is 36.0 Å². The SMILES string of the molecule is C=P(O)(OC[C@H]1OCC[C@H]1O)O[C@H]1CCO[C@H]1COP(O)(=S)O[C@@H]1CCO[C@@H]1COP(O)(=S)O[C@H]1CCO[C@H]1COP(=O)(O)OCCC(=O)CCOCCC(=O)CCCC(=O)N1Cc2ccccc2C#Cc2ccccc21. The number of carbonyl (C=O) groups excluding carboxylic acids is 3. The molecule has 2 aromatic carbocycles. The average Bonchev–Trinajstić information content (AvgIpc) is 4.21. The molecule has 4 unspecified atom stereocenters. The van der Waals surface area contributed by atoms with Crippen molar-refractivity contribution in [2.24, 2.45) is 0 Å². The van der Waals surface area contributed by atoms with Crippen LogP contribution >= 0.6 is 28.8 Å². The molecule has 428 valence electrons. The van der Waals surface area contributed by atoms with Crippen LogP contribution in [0, 0.1) is 11.8 Å². The third-order valence-corrected chi connectivity index (χ3v) is 18.1. The summed E-state index contributed by atoms with van der Waals surface area (Å²) in [7, 11) is -8.26. The van der Waals surface area contributed by atoms with Crippen molar-refractivity contribution in [3.05, 3.63) is 65.2 Å². The van der Waals surface area contributed by atoms with Crippen LogP contribution in [-0.2, 0) is 109 Å². The van der Waals surface area contributed by atoms with Gasteiger partial charge < -0.3 is 80.4 Å². The average molecular weight is 1200 g/mol. The zero-order valence-electron chi connectivity index (χ0n) is 42.2. The Morgan fingerprint density at radius 1 is 0.610 bits per heavy atom. The molecular formula is C48H67NO22P4S2. The number of hydrogen-bond donors (Lipinski definition) is 5. The van der Waals surface area contributed by atoms with E-state index in [2.05, 4.69) is 18.1 Å². The predicted octanol–water partition coefficient (Wildman–Crippen LogP) is 4.90. The second-order valence-electron chi connectivity index (χ2n) is 18.5. The standard InChI is InChI=1S/C48H67NO22P4S2/c1-72(54,65-30-44-40(52)18-24-60-44)69-41-19-25-62-46(41)32-67-74(57,76)71-43-21-27-63-47(43)33-68-75(58,77)70-42-20-26-61-45(42)31-66-73(55,56)64-28-17-38(51)16-23-59-22-15-37(50)10-6-12-48(53)49-29-36-9-3-2-7-34(36)13-14-35-8-4-5-11-39(35)49/h2-5,7-9,11,40-47,52,54H,1,6,10,12,15-33H2,(H,55,56)(H,57,76)(H,58,77)/t40-,41+,42+,43-,44-,45+,46+,47-,72?,74?,75?/m1/s1. The number of aliphatic hydroxyl groups excluding tert-OH is 1. The molecule has 5 N–H and O–H groups in total. The number of benzene rings is 2. The van der Waals surface area contributed by atoms with Crippen LogP contribution in [0.15, 0.2) is 48.5 Å². The molecule has 23 nitrogen and oxygen atoms in total. The molecule has 0 aromatic heterocycles. The summed E-state index contributed by atoms with van der Waals surface area (Å²) in [4.78, 5) is 83.1. The molecule has 5 heterocycles. The maximum absolute atomic E-state index is 13.4.